The number of carbonyl (C=O) groups is 1. The van der Waals surface area contributed by atoms with E-state index in [0.717, 1.165) is 12.8 Å². The lowest BCUT2D eigenvalue weighted by atomic mass is 10.1. The van der Waals surface area contributed by atoms with Crippen LogP contribution in [0.4, 0.5) is 0 Å². The Morgan fingerprint density at radius 2 is 2.00 bits per heavy atom. The van der Waals surface area contributed by atoms with Crippen LogP contribution >= 0.6 is 0 Å². The Bertz CT molecular complexity index is 382. The fraction of sp³-hybridized carbons (Fsp3) is 0.500. The van der Waals surface area contributed by atoms with Crippen molar-refractivity contribution in [3.8, 4) is 0 Å². The molecular formula is C14H20N2O. The second-order valence-corrected chi connectivity index (χ2v) is 4.86. The number of nitrogens with one attached hydrogen (secondary N) is 2. The summed E-state index contributed by atoms with van der Waals surface area (Å²) in [7, 11) is 0. The fourth-order valence-corrected chi connectivity index (χ4v) is 1.73. The zero-order chi connectivity index (χ0) is 12.3. The molecule has 1 saturated carbocycles. The molecule has 0 spiro atoms. The normalized spacial score (nSPS) is 16.6. The molecule has 3 nitrogen and oxygen atoms in total. The van der Waals surface area contributed by atoms with Gasteiger partial charge in [0.2, 0.25) is 5.91 Å². The summed E-state index contributed by atoms with van der Waals surface area (Å²) in [5.41, 5.74) is 2.47. The van der Waals surface area contributed by atoms with Crippen molar-refractivity contribution in [2.24, 2.45) is 0 Å². The SMILES string of the molecule is Cc1ccc([C@@H](C)NCC(=O)NC2CC2)cc1. The predicted octanol–water partition coefficient (Wildman–Crippen LogP) is 1.92. The zero-order valence-electron chi connectivity index (χ0n) is 10.5. The maximum atomic E-state index is 11.5. The van der Waals surface area contributed by atoms with Crippen LogP contribution in [0.1, 0.15) is 36.9 Å². The third-order valence-corrected chi connectivity index (χ3v) is 3.09. The van der Waals surface area contributed by atoms with E-state index in [1.165, 1.54) is 11.1 Å². The largest absolute Gasteiger partial charge is 0.352 e. The lowest BCUT2D eigenvalue weighted by Crippen LogP contribution is -2.36. The molecular weight excluding hydrogens is 212 g/mol. The molecule has 0 unspecified atom stereocenters. The lowest BCUT2D eigenvalue weighted by molar-refractivity contribution is -0.120. The van der Waals surface area contributed by atoms with Crippen LogP contribution < -0.4 is 10.6 Å². The van der Waals surface area contributed by atoms with E-state index in [1.807, 2.05) is 0 Å². The molecule has 2 N–H and O–H groups in total. The molecule has 2 rings (SSSR count). The summed E-state index contributed by atoms with van der Waals surface area (Å²) in [4.78, 5) is 11.5. The molecule has 0 aliphatic heterocycles. The molecule has 1 aromatic rings. The van der Waals surface area contributed by atoms with Crippen LogP contribution in [0.25, 0.3) is 0 Å². The van der Waals surface area contributed by atoms with Gasteiger partial charge in [-0.25, -0.2) is 0 Å². The summed E-state index contributed by atoms with van der Waals surface area (Å²) >= 11 is 0. The van der Waals surface area contributed by atoms with Crippen LogP contribution in [0.15, 0.2) is 24.3 Å². The Morgan fingerprint density at radius 1 is 1.35 bits per heavy atom. The number of amides is 1. The second kappa shape index (κ2) is 5.32. The number of carbonyl (C=O) groups excluding carboxylic acids is 1. The van der Waals surface area contributed by atoms with Gasteiger partial charge in [-0.05, 0) is 32.3 Å². The van der Waals surface area contributed by atoms with Crippen molar-refractivity contribution in [3.63, 3.8) is 0 Å². The molecule has 0 heterocycles. The third kappa shape index (κ3) is 3.86. The molecule has 1 aliphatic carbocycles. The monoisotopic (exact) mass is 232 g/mol. The first-order valence-electron chi connectivity index (χ1n) is 6.24. The van der Waals surface area contributed by atoms with Crippen LogP contribution in [0.3, 0.4) is 0 Å². The molecule has 0 bridgehead atoms. The highest BCUT2D eigenvalue weighted by atomic mass is 16.2. The fourth-order valence-electron chi connectivity index (χ4n) is 1.73. The minimum Gasteiger partial charge on any atom is -0.352 e. The van der Waals surface area contributed by atoms with Gasteiger partial charge in [-0.2, -0.15) is 0 Å². The molecule has 0 saturated heterocycles. The Balaban J connectivity index is 1.77. The number of benzene rings is 1. The van der Waals surface area contributed by atoms with E-state index < -0.39 is 0 Å². The van der Waals surface area contributed by atoms with Crippen LogP contribution in [-0.2, 0) is 4.79 Å². The Hall–Kier alpha value is -1.35. The van der Waals surface area contributed by atoms with E-state index in [-0.39, 0.29) is 11.9 Å². The first-order valence-corrected chi connectivity index (χ1v) is 6.24. The van der Waals surface area contributed by atoms with Crippen LogP contribution in [0.2, 0.25) is 0 Å². The summed E-state index contributed by atoms with van der Waals surface area (Å²) in [6.07, 6.45) is 2.28. The summed E-state index contributed by atoms with van der Waals surface area (Å²) < 4.78 is 0. The molecule has 1 amide bonds. The highest BCUT2D eigenvalue weighted by molar-refractivity contribution is 5.78. The number of aryl methyl sites for hydroxylation is 1. The van der Waals surface area contributed by atoms with Crippen LogP contribution in [-0.4, -0.2) is 18.5 Å². The summed E-state index contributed by atoms with van der Waals surface area (Å²) in [6, 6.07) is 9.05. The smallest absolute Gasteiger partial charge is 0.234 e. The molecule has 1 atom stereocenters. The van der Waals surface area contributed by atoms with Crippen LogP contribution in [0.5, 0.6) is 0 Å². The first-order chi connectivity index (χ1) is 8.15. The molecule has 92 valence electrons. The van der Waals surface area contributed by atoms with E-state index in [2.05, 4.69) is 48.7 Å². The second-order valence-electron chi connectivity index (χ2n) is 4.86. The van der Waals surface area contributed by atoms with E-state index in [4.69, 9.17) is 0 Å². The molecule has 0 radical (unpaired) electrons. The average molecular weight is 232 g/mol. The van der Waals surface area contributed by atoms with E-state index in [1.54, 1.807) is 0 Å². The zero-order valence-corrected chi connectivity index (χ0v) is 10.5. The first kappa shape index (κ1) is 12.1. The summed E-state index contributed by atoms with van der Waals surface area (Å²) in [6.45, 7) is 4.55. The van der Waals surface area contributed by atoms with Crippen molar-refractivity contribution in [2.45, 2.75) is 38.8 Å². The maximum Gasteiger partial charge on any atom is 0.234 e. The summed E-state index contributed by atoms with van der Waals surface area (Å²) in [5, 5.41) is 6.21. The van der Waals surface area contributed by atoms with Crippen molar-refractivity contribution < 1.29 is 4.79 Å². The van der Waals surface area contributed by atoms with Gasteiger partial charge in [-0.1, -0.05) is 29.8 Å². The van der Waals surface area contributed by atoms with Crippen LogP contribution in [0, 0.1) is 6.92 Å². The maximum absolute atomic E-state index is 11.5. The topological polar surface area (TPSA) is 41.1 Å². The quantitative estimate of drug-likeness (QED) is 0.814. The van der Waals surface area contributed by atoms with Gasteiger partial charge in [0.15, 0.2) is 0 Å². The molecule has 1 aromatic carbocycles. The van der Waals surface area contributed by atoms with Gasteiger partial charge in [0.05, 0.1) is 6.54 Å². The minimum atomic E-state index is 0.103. The van der Waals surface area contributed by atoms with Crippen molar-refractivity contribution in [2.75, 3.05) is 6.54 Å². The van der Waals surface area contributed by atoms with Gasteiger partial charge in [0.1, 0.15) is 0 Å². The van der Waals surface area contributed by atoms with Crippen molar-refractivity contribution in [1.29, 1.82) is 0 Å². The van der Waals surface area contributed by atoms with E-state index in [0.29, 0.717) is 12.6 Å². The molecule has 1 fully saturated rings. The number of hydrogen-bond acceptors (Lipinski definition) is 2. The third-order valence-electron chi connectivity index (χ3n) is 3.09. The van der Waals surface area contributed by atoms with Gasteiger partial charge < -0.3 is 10.6 Å². The predicted molar refractivity (Wildman–Crippen MR) is 68.8 cm³/mol. The van der Waals surface area contributed by atoms with Gasteiger partial charge in [-0.3, -0.25) is 4.79 Å². The minimum absolute atomic E-state index is 0.103. The molecule has 0 aromatic heterocycles. The van der Waals surface area contributed by atoms with Crippen molar-refractivity contribution in [3.05, 3.63) is 35.4 Å². The van der Waals surface area contributed by atoms with Crippen molar-refractivity contribution in [1.82, 2.24) is 10.6 Å². The Morgan fingerprint density at radius 3 is 2.59 bits per heavy atom. The van der Waals surface area contributed by atoms with Crippen molar-refractivity contribution >= 4 is 5.91 Å². The Labute approximate surface area is 103 Å². The number of hydrogen-bond donors (Lipinski definition) is 2. The number of rotatable bonds is 5. The molecule has 17 heavy (non-hydrogen) atoms. The lowest BCUT2D eigenvalue weighted by Gasteiger charge is -2.14. The van der Waals surface area contributed by atoms with E-state index in [9.17, 15) is 4.79 Å². The molecule has 1 aliphatic rings. The van der Waals surface area contributed by atoms with E-state index >= 15 is 0 Å². The van der Waals surface area contributed by atoms with Gasteiger partial charge in [-0.15, -0.1) is 0 Å². The van der Waals surface area contributed by atoms with Gasteiger partial charge >= 0.3 is 0 Å². The van der Waals surface area contributed by atoms with Gasteiger partial charge in [0, 0.05) is 12.1 Å². The highest BCUT2D eigenvalue weighted by Gasteiger charge is 2.23. The standard InChI is InChI=1S/C14H20N2O/c1-10-3-5-12(6-4-10)11(2)15-9-14(17)16-13-7-8-13/h3-6,11,13,15H,7-9H2,1-2H3,(H,16,17)/t11-/m1/s1. The summed E-state index contributed by atoms with van der Waals surface area (Å²) in [5.74, 6) is 0.103. The average Bonchev–Trinajstić information content (AvgIpc) is 3.11. The van der Waals surface area contributed by atoms with Gasteiger partial charge in [0.25, 0.3) is 0 Å². The Kier molecular flexibility index (Phi) is 3.79. The highest BCUT2D eigenvalue weighted by Crippen LogP contribution is 2.18. The molecule has 3 heteroatoms.